The molecule has 0 unspecified atom stereocenters. The maximum absolute atomic E-state index is 13.4. The Morgan fingerprint density at radius 2 is 1.72 bits per heavy atom. The van der Waals surface area contributed by atoms with Crippen molar-refractivity contribution < 1.29 is 13.6 Å². The number of aromatic nitrogens is 2. The summed E-state index contributed by atoms with van der Waals surface area (Å²) in [5.74, 6) is 0.674. The number of amides is 1. The molecule has 1 aliphatic carbocycles. The summed E-state index contributed by atoms with van der Waals surface area (Å²) in [7, 11) is 0. The lowest BCUT2D eigenvalue weighted by Crippen LogP contribution is -2.27. The van der Waals surface area contributed by atoms with Gasteiger partial charge in [-0.2, -0.15) is 0 Å². The Kier molecular flexibility index (Phi) is 4.70. The second-order valence-electron chi connectivity index (χ2n) is 7.96. The van der Waals surface area contributed by atoms with Crippen molar-refractivity contribution in [2.45, 2.75) is 44.6 Å². The van der Waals surface area contributed by atoms with E-state index in [0.29, 0.717) is 17.6 Å². The molecule has 1 saturated heterocycles. The monoisotopic (exact) mass is 393 g/mol. The van der Waals surface area contributed by atoms with Crippen LogP contribution >= 0.6 is 0 Å². The van der Waals surface area contributed by atoms with E-state index in [-0.39, 0.29) is 11.7 Å². The number of benzene rings is 1. The molecule has 2 aromatic heterocycles. The van der Waals surface area contributed by atoms with Gasteiger partial charge in [-0.3, -0.25) is 4.79 Å². The standard InChI is InChI=1S/C23H24FN3O2/c24-17-9-7-16(8-10-17)21-22(27(15-25-21)18-5-1-2-6-18)19-11-12-20(29-19)23(28)26-13-3-4-14-26/h7-12,15,18H,1-6,13-14H2. The number of carbonyl (C=O) groups is 1. The quantitative estimate of drug-likeness (QED) is 0.604. The fraction of sp³-hybridized carbons (Fsp3) is 0.391. The maximum Gasteiger partial charge on any atom is 0.289 e. The zero-order chi connectivity index (χ0) is 19.8. The molecule has 0 radical (unpaired) electrons. The summed E-state index contributed by atoms with van der Waals surface area (Å²) < 4.78 is 21.7. The van der Waals surface area contributed by atoms with Gasteiger partial charge in [-0.1, -0.05) is 12.8 Å². The van der Waals surface area contributed by atoms with E-state index in [0.717, 1.165) is 55.7 Å². The minimum absolute atomic E-state index is 0.0518. The molecule has 5 rings (SSSR count). The van der Waals surface area contributed by atoms with Gasteiger partial charge in [0, 0.05) is 24.7 Å². The second kappa shape index (κ2) is 7.50. The molecule has 150 valence electrons. The molecule has 0 bridgehead atoms. The summed E-state index contributed by atoms with van der Waals surface area (Å²) in [6.45, 7) is 1.57. The number of nitrogens with zero attached hydrogens (tertiary/aromatic N) is 3. The first-order valence-corrected chi connectivity index (χ1v) is 10.4. The lowest BCUT2D eigenvalue weighted by atomic mass is 10.1. The lowest BCUT2D eigenvalue weighted by molar-refractivity contribution is 0.0762. The number of rotatable bonds is 4. The SMILES string of the molecule is O=C(c1ccc(-c2c(-c3ccc(F)cc3)ncn2C2CCCC2)o1)N1CCCC1. The average molecular weight is 393 g/mol. The predicted molar refractivity (Wildman–Crippen MR) is 108 cm³/mol. The van der Waals surface area contributed by atoms with E-state index < -0.39 is 0 Å². The van der Waals surface area contributed by atoms with Crippen molar-refractivity contribution in [1.29, 1.82) is 0 Å². The number of hydrogen-bond donors (Lipinski definition) is 0. The fourth-order valence-corrected chi connectivity index (χ4v) is 4.54. The van der Waals surface area contributed by atoms with E-state index in [9.17, 15) is 9.18 Å². The summed E-state index contributed by atoms with van der Waals surface area (Å²) in [5.41, 5.74) is 2.46. The Hall–Kier alpha value is -2.89. The summed E-state index contributed by atoms with van der Waals surface area (Å²) in [4.78, 5) is 19.2. The van der Waals surface area contributed by atoms with Crippen LogP contribution in [0.4, 0.5) is 4.39 Å². The van der Waals surface area contributed by atoms with E-state index in [1.165, 1.54) is 25.0 Å². The Balaban J connectivity index is 1.56. The summed E-state index contributed by atoms with van der Waals surface area (Å²) >= 11 is 0. The van der Waals surface area contributed by atoms with Crippen molar-refractivity contribution in [3.05, 3.63) is 54.3 Å². The van der Waals surface area contributed by atoms with Crippen LogP contribution in [0.1, 0.15) is 55.1 Å². The molecule has 1 saturated carbocycles. The Bertz CT molecular complexity index is 1010. The Morgan fingerprint density at radius 3 is 2.45 bits per heavy atom. The highest BCUT2D eigenvalue weighted by molar-refractivity contribution is 5.92. The molecular formula is C23H24FN3O2. The number of imidazole rings is 1. The first-order valence-electron chi connectivity index (χ1n) is 10.4. The van der Waals surface area contributed by atoms with E-state index in [1.807, 2.05) is 17.3 Å². The van der Waals surface area contributed by atoms with Crippen LogP contribution in [-0.4, -0.2) is 33.4 Å². The highest BCUT2D eigenvalue weighted by atomic mass is 19.1. The van der Waals surface area contributed by atoms with Crippen molar-refractivity contribution in [3.63, 3.8) is 0 Å². The third-order valence-electron chi connectivity index (χ3n) is 6.07. The van der Waals surface area contributed by atoms with Crippen molar-refractivity contribution in [1.82, 2.24) is 14.5 Å². The number of carbonyl (C=O) groups excluding carboxylic acids is 1. The van der Waals surface area contributed by atoms with Gasteiger partial charge in [-0.15, -0.1) is 0 Å². The molecule has 1 amide bonds. The van der Waals surface area contributed by atoms with Gasteiger partial charge >= 0.3 is 0 Å². The normalized spacial score (nSPS) is 17.3. The number of hydrogen-bond acceptors (Lipinski definition) is 3. The van der Waals surface area contributed by atoms with Gasteiger partial charge in [0.05, 0.1) is 12.0 Å². The van der Waals surface area contributed by atoms with Crippen molar-refractivity contribution in [3.8, 4) is 22.7 Å². The van der Waals surface area contributed by atoms with Crippen LogP contribution in [0.5, 0.6) is 0 Å². The minimum Gasteiger partial charge on any atom is -0.449 e. The second-order valence-corrected chi connectivity index (χ2v) is 7.96. The third kappa shape index (κ3) is 3.37. The summed E-state index contributed by atoms with van der Waals surface area (Å²) in [6, 6.07) is 10.3. The lowest BCUT2D eigenvalue weighted by Gasteiger charge is -2.15. The van der Waals surface area contributed by atoms with Crippen LogP contribution in [0.15, 0.2) is 47.1 Å². The minimum atomic E-state index is -0.276. The Labute approximate surface area is 169 Å². The topological polar surface area (TPSA) is 51.3 Å². The van der Waals surface area contributed by atoms with Gasteiger partial charge < -0.3 is 13.9 Å². The van der Waals surface area contributed by atoms with Crippen LogP contribution in [0, 0.1) is 5.82 Å². The van der Waals surface area contributed by atoms with Gasteiger partial charge in [-0.05, 0) is 62.1 Å². The predicted octanol–water partition coefficient (Wildman–Crippen LogP) is 5.30. The smallest absolute Gasteiger partial charge is 0.289 e. The van der Waals surface area contributed by atoms with Gasteiger partial charge in [0.25, 0.3) is 5.91 Å². The molecule has 1 aliphatic heterocycles. The molecule has 29 heavy (non-hydrogen) atoms. The summed E-state index contributed by atoms with van der Waals surface area (Å²) in [6.07, 6.45) is 8.55. The molecule has 2 fully saturated rings. The molecule has 6 heteroatoms. The van der Waals surface area contributed by atoms with Crippen LogP contribution in [0.2, 0.25) is 0 Å². The number of halogens is 1. The zero-order valence-electron chi connectivity index (χ0n) is 16.3. The molecule has 3 heterocycles. The van der Waals surface area contributed by atoms with Crippen LogP contribution < -0.4 is 0 Å². The van der Waals surface area contributed by atoms with Crippen LogP contribution in [-0.2, 0) is 0 Å². The maximum atomic E-state index is 13.4. The highest BCUT2D eigenvalue weighted by Gasteiger charge is 2.27. The number of furan rings is 1. The fourth-order valence-electron chi connectivity index (χ4n) is 4.54. The Morgan fingerprint density at radius 1 is 1.00 bits per heavy atom. The largest absolute Gasteiger partial charge is 0.449 e. The molecule has 2 aliphatic rings. The summed E-state index contributed by atoms with van der Waals surface area (Å²) in [5, 5.41) is 0. The first kappa shape index (κ1) is 18.2. The number of likely N-dealkylation sites (tertiary alicyclic amines) is 1. The molecule has 0 N–H and O–H groups in total. The molecular weight excluding hydrogens is 369 g/mol. The van der Waals surface area contributed by atoms with Gasteiger partial charge in [0.2, 0.25) is 0 Å². The molecule has 0 spiro atoms. The molecule has 3 aromatic rings. The van der Waals surface area contributed by atoms with Crippen molar-refractivity contribution >= 4 is 5.91 Å². The average Bonchev–Trinajstić information content (AvgIpc) is 3.54. The third-order valence-corrected chi connectivity index (χ3v) is 6.07. The van der Waals surface area contributed by atoms with Gasteiger partial charge in [0.15, 0.2) is 11.5 Å². The van der Waals surface area contributed by atoms with Crippen molar-refractivity contribution in [2.24, 2.45) is 0 Å². The van der Waals surface area contributed by atoms with Gasteiger partial charge in [-0.25, -0.2) is 9.37 Å². The van der Waals surface area contributed by atoms with E-state index >= 15 is 0 Å². The molecule has 0 atom stereocenters. The zero-order valence-corrected chi connectivity index (χ0v) is 16.3. The van der Waals surface area contributed by atoms with Gasteiger partial charge in [0.1, 0.15) is 11.5 Å². The van der Waals surface area contributed by atoms with E-state index in [2.05, 4.69) is 9.55 Å². The first-order chi connectivity index (χ1) is 14.2. The van der Waals surface area contributed by atoms with Crippen LogP contribution in [0.25, 0.3) is 22.7 Å². The van der Waals surface area contributed by atoms with E-state index in [4.69, 9.17) is 4.42 Å². The molecule has 5 nitrogen and oxygen atoms in total. The van der Waals surface area contributed by atoms with Crippen LogP contribution in [0.3, 0.4) is 0 Å². The van der Waals surface area contributed by atoms with Crippen molar-refractivity contribution in [2.75, 3.05) is 13.1 Å². The highest BCUT2D eigenvalue weighted by Crippen LogP contribution is 2.39. The van der Waals surface area contributed by atoms with E-state index in [1.54, 1.807) is 18.2 Å². The molecule has 1 aromatic carbocycles.